The second-order valence-electron chi connectivity index (χ2n) is 8.95. The number of aromatic nitrogens is 4. The molecule has 0 spiro atoms. The molecular weight excluding hydrogens is 507 g/mol. The Morgan fingerprint density at radius 1 is 1.13 bits per heavy atom. The van der Waals surface area contributed by atoms with Crippen LogP contribution in [0, 0.1) is 5.92 Å². The first-order chi connectivity index (χ1) is 18.2. The van der Waals surface area contributed by atoms with Crippen LogP contribution in [0.25, 0.3) is 34.4 Å². The smallest absolute Gasteiger partial charge is 0.422 e. The minimum Gasteiger partial charge on any atom is -0.481 e. The topological polar surface area (TPSA) is 139 Å². The molecule has 1 aliphatic rings. The number of hydrogen-bond donors (Lipinski definition) is 2. The fraction of sp³-hybridized carbons (Fsp3) is 0.320. The van der Waals surface area contributed by atoms with E-state index in [-0.39, 0.29) is 18.1 Å². The summed E-state index contributed by atoms with van der Waals surface area (Å²) in [6, 6.07) is 11.0. The minimum absolute atomic E-state index is 0.0188. The van der Waals surface area contributed by atoms with E-state index in [1.54, 1.807) is 30.3 Å². The zero-order valence-corrected chi connectivity index (χ0v) is 19.8. The van der Waals surface area contributed by atoms with Crippen molar-refractivity contribution < 1.29 is 37.2 Å². The molecule has 13 heteroatoms. The van der Waals surface area contributed by atoms with Crippen LogP contribution in [0.2, 0.25) is 0 Å². The summed E-state index contributed by atoms with van der Waals surface area (Å²) in [5, 5.41) is 27.2. The molecule has 0 unspecified atom stereocenters. The van der Waals surface area contributed by atoms with Gasteiger partial charge in [0.1, 0.15) is 11.3 Å². The number of aliphatic hydroxyl groups excluding tert-OH is 1. The van der Waals surface area contributed by atoms with Gasteiger partial charge in [0.25, 0.3) is 5.89 Å². The van der Waals surface area contributed by atoms with Gasteiger partial charge >= 0.3 is 12.1 Å². The van der Waals surface area contributed by atoms with Crippen molar-refractivity contribution in [2.45, 2.75) is 25.1 Å². The summed E-state index contributed by atoms with van der Waals surface area (Å²) >= 11 is 0. The normalized spacial score (nSPS) is 17.4. The standard InChI is InChI=1S/C25H22F3N5O5/c26-25(27,28)19-20(17-5-1-2-10-29-17)31-37-21(19)23-30-22(32-38-23)15-8-6-14(7-9-15)18(34)13-33-11-3-4-16(12-33)24(35)36/h1-2,5-10,16,18,34H,3-4,11-13H2,(H,35,36)/t16-,18+/m0/s1. The zero-order valence-electron chi connectivity index (χ0n) is 19.8. The van der Waals surface area contributed by atoms with Crippen LogP contribution in [-0.4, -0.2) is 61.0 Å². The fourth-order valence-electron chi connectivity index (χ4n) is 4.44. The third kappa shape index (κ3) is 5.29. The number of carboxylic acid groups (broad SMARTS) is 1. The van der Waals surface area contributed by atoms with Crippen LogP contribution in [0.3, 0.4) is 0 Å². The number of hydrogen-bond acceptors (Lipinski definition) is 9. The summed E-state index contributed by atoms with van der Waals surface area (Å²) in [5.74, 6) is -2.48. The number of alkyl halides is 3. The molecule has 10 nitrogen and oxygen atoms in total. The van der Waals surface area contributed by atoms with E-state index in [0.717, 1.165) is 6.42 Å². The lowest BCUT2D eigenvalue weighted by molar-refractivity contribution is -0.143. The molecule has 0 amide bonds. The highest BCUT2D eigenvalue weighted by molar-refractivity contribution is 5.70. The molecule has 0 saturated carbocycles. The Labute approximate surface area is 213 Å². The van der Waals surface area contributed by atoms with Gasteiger partial charge in [-0.2, -0.15) is 18.2 Å². The van der Waals surface area contributed by atoms with Crippen molar-refractivity contribution in [3.8, 4) is 34.4 Å². The van der Waals surface area contributed by atoms with Crippen molar-refractivity contribution in [3.63, 3.8) is 0 Å². The lowest BCUT2D eigenvalue weighted by Crippen LogP contribution is -2.40. The Bertz CT molecular complexity index is 1410. The van der Waals surface area contributed by atoms with Crippen molar-refractivity contribution in [2.75, 3.05) is 19.6 Å². The Morgan fingerprint density at radius 2 is 1.92 bits per heavy atom. The number of β-amino-alcohol motifs (C(OH)–C–C–N with tert-alkyl or cyclic N) is 1. The summed E-state index contributed by atoms with van der Waals surface area (Å²) < 4.78 is 51.8. The van der Waals surface area contributed by atoms with Gasteiger partial charge in [-0.15, -0.1) is 0 Å². The van der Waals surface area contributed by atoms with Crippen molar-refractivity contribution in [3.05, 3.63) is 59.8 Å². The van der Waals surface area contributed by atoms with Crippen LogP contribution >= 0.6 is 0 Å². The SMILES string of the molecule is O=C(O)[C@H]1CCCN(C[C@@H](O)c2ccc(-c3noc(-c4onc(-c5ccccn5)c4C(F)(F)F)n3)cc2)C1. The molecular formula is C25H22F3N5O5. The molecule has 4 aromatic rings. The number of piperidine rings is 1. The number of rotatable bonds is 7. The molecule has 2 N–H and O–H groups in total. The first kappa shape index (κ1) is 25.5. The first-order valence-electron chi connectivity index (χ1n) is 11.8. The Hall–Kier alpha value is -4.10. The average Bonchev–Trinajstić information content (AvgIpc) is 3.57. The predicted molar refractivity (Wildman–Crippen MR) is 125 cm³/mol. The number of aliphatic carboxylic acids is 1. The molecule has 0 aliphatic carbocycles. The highest BCUT2D eigenvalue weighted by Crippen LogP contribution is 2.42. The second-order valence-corrected chi connectivity index (χ2v) is 8.95. The van der Waals surface area contributed by atoms with Gasteiger partial charge in [0.2, 0.25) is 11.6 Å². The number of halogens is 3. The quantitative estimate of drug-likeness (QED) is 0.356. The van der Waals surface area contributed by atoms with E-state index in [4.69, 9.17) is 9.05 Å². The monoisotopic (exact) mass is 529 g/mol. The molecule has 4 heterocycles. The van der Waals surface area contributed by atoms with Crippen LogP contribution in [0.5, 0.6) is 0 Å². The average molecular weight is 529 g/mol. The van der Waals surface area contributed by atoms with Crippen molar-refractivity contribution in [1.82, 2.24) is 25.2 Å². The van der Waals surface area contributed by atoms with Crippen molar-refractivity contribution >= 4 is 5.97 Å². The Kier molecular flexibility index (Phi) is 6.95. The van der Waals surface area contributed by atoms with Crippen LogP contribution in [0.1, 0.15) is 30.1 Å². The number of nitrogens with zero attached hydrogens (tertiary/aromatic N) is 5. The summed E-state index contributed by atoms with van der Waals surface area (Å²) in [4.78, 5) is 21.2. The molecule has 3 aromatic heterocycles. The number of carboxylic acids is 1. The Balaban J connectivity index is 1.34. The maximum absolute atomic E-state index is 13.9. The number of aliphatic hydroxyl groups is 1. The highest BCUT2D eigenvalue weighted by atomic mass is 19.4. The van der Waals surface area contributed by atoms with E-state index < -0.39 is 47.1 Å². The van der Waals surface area contributed by atoms with Crippen LogP contribution < -0.4 is 0 Å². The molecule has 1 fully saturated rings. The summed E-state index contributed by atoms with van der Waals surface area (Å²) in [5.41, 5.74) is -0.656. The van der Waals surface area contributed by atoms with Crippen LogP contribution in [0.15, 0.2) is 57.7 Å². The van der Waals surface area contributed by atoms with Gasteiger partial charge < -0.3 is 19.3 Å². The van der Waals surface area contributed by atoms with E-state index >= 15 is 0 Å². The summed E-state index contributed by atoms with van der Waals surface area (Å²) in [7, 11) is 0. The van der Waals surface area contributed by atoms with Gasteiger partial charge in [-0.25, -0.2) is 0 Å². The molecule has 0 bridgehead atoms. The maximum atomic E-state index is 13.9. The largest absolute Gasteiger partial charge is 0.481 e. The van der Waals surface area contributed by atoms with Gasteiger partial charge in [-0.3, -0.25) is 14.7 Å². The first-order valence-corrected chi connectivity index (χ1v) is 11.8. The molecule has 0 radical (unpaired) electrons. The molecule has 2 atom stereocenters. The van der Waals surface area contributed by atoms with E-state index in [2.05, 4.69) is 20.3 Å². The van der Waals surface area contributed by atoms with E-state index in [1.807, 2.05) is 4.90 Å². The molecule has 38 heavy (non-hydrogen) atoms. The van der Waals surface area contributed by atoms with E-state index in [0.29, 0.717) is 30.6 Å². The third-order valence-corrected chi connectivity index (χ3v) is 6.34. The van der Waals surface area contributed by atoms with Crippen molar-refractivity contribution in [1.29, 1.82) is 0 Å². The number of likely N-dealkylation sites (tertiary alicyclic amines) is 1. The highest BCUT2D eigenvalue weighted by Gasteiger charge is 2.43. The Morgan fingerprint density at radius 3 is 2.61 bits per heavy atom. The minimum atomic E-state index is -4.83. The number of pyridine rings is 1. The van der Waals surface area contributed by atoms with Crippen LogP contribution in [-0.2, 0) is 11.0 Å². The molecule has 1 aliphatic heterocycles. The van der Waals surface area contributed by atoms with Gasteiger partial charge in [0.05, 0.1) is 17.7 Å². The zero-order chi connectivity index (χ0) is 26.9. The van der Waals surface area contributed by atoms with Gasteiger partial charge in [0.15, 0.2) is 0 Å². The maximum Gasteiger partial charge on any atom is 0.422 e. The van der Waals surface area contributed by atoms with Gasteiger partial charge in [0, 0.05) is 24.8 Å². The lowest BCUT2D eigenvalue weighted by Gasteiger charge is -2.32. The van der Waals surface area contributed by atoms with E-state index in [1.165, 1.54) is 18.3 Å². The second kappa shape index (κ2) is 10.3. The summed E-state index contributed by atoms with van der Waals surface area (Å²) in [6.07, 6.45) is -2.98. The molecule has 198 valence electrons. The van der Waals surface area contributed by atoms with Crippen LogP contribution in [0.4, 0.5) is 13.2 Å². The number of benzene rings is 1. The van der Waals surface area contributed by atoms with Gasteiger partial charge in [-0.1, -0.05) is 40.6 Å². The van der Waals surface area contributed by atoms with E-state index in [9.17, 15) is 28.2 Å². The van der Waals surface area contributed by atoms with Crippen molar-refractivity contribution in [2.24, 2.45) is 5.92 Å². The molecule has 1 saturated heterocycles. The predicted octanol–water partition coefficient (Wildman–Crippen LogP) is 4.30. The van der Waals surface area contributed by atoms with Gasteiger partial charge in [-0.05, 0) is 37.1 Å². The third-order valence-electron chi connectivity index (χ3n) is 6.34. The number of carbonyl (C=O) groups is 1. The lowest BCUT2D eigenvalue weighted by atomic mass is 9.97. The molecule has 1 aromatic carbocycles. The molecule has 5 rings (SSSR count). The summed E-state index contributed by atoms with van der Waals surface area (Å²) in [6.45, 7) is 1.35. The fourth-order valence-corrected chi connectivity index (χ4v) is 4.44.